The van der Waals surface area contributed by atoms with Crippen LogP contribution in [0, 0.1) is 6.20 Å². The Morgan fingerprint density at radius 2 is 1.95 bits per heavy atom. The van der Waals surface area contributed by atoms with Gasteiger partial charge in [-0.1, -0.05) is 18.2 Å². The molecule has 0 bridgehead atoms. The van der Waals surface area contributed by atoms with Gasteiger partial charge in [0, 0.05) is 16.6 Å². The number of anilines is 1. The normalized spacial score (nSPS) is 10.5. The van der Waals surface area contributed by atoms with Crippen molar-refractivity contribution in [1.82, 2.24) is 4.98 Å². The van der Waals surface area contributed by atoms with Crippen molar-refractivity contribution >= 4 is 22.5 Å². The molecule has 3 rings (SSSR count). The standard InChI is InChI=1S/C15H11N2O2/c18-11-6-7-14-12(8-11)13(9-16-14)15(19)17-10-4-2-1-3-5-10/h1-8,16,18H,(H,17,19). The number of nitrogens with one attached hydrogen (secondary N) is 2. The number of hydrogen-bond donors (Lipinski definition) is 3. The second-order valence-corrected chi connectivity index (χ2v) is 4.18. The number of para-hydroxylation sites is 1. The number of phenolic OH excluding ortho intramolecular Hbond substituents is 1. The first kappa shape index (κ1) is 11.3. The molecule has 0 saturated carbocycles. The third-order valence-corrected chi connectivity index (χ3v) is 2.85. The predicted molar refractivity (Wildman–Crippen MR) is 73.2 cm³/mol. The molecule has 3 aromatic rings. The molecule has 1 aromatic heterocycles. The molecular formula is C15H11N2O2. The summed E-state index contributed by atoms with van der Waals surface area (Å²) in [6.45, 7) is 0. The van der Waals surface area contributed by atoms with Crippen LogP contribution in [0.5, 0.6) is 5.75 Å². The van der Waals surface area contributed by atoms with Crippen LogP contribution in [0.15, 0.2) is 48.5 Å². The third kappa shape index (κ3) is 2.15. The molecule has 0 aliphatic heterocycles. The minimum absolute atomic E-state index is 0.120. The predicted octanol–water partition coefficient (Wildman–Crippen LogP) is 2.93. The monoisotopic (exact) mass is 251 g/mol. The molecule has 0 fully saturated rings. The van der Waals surface area contributed by atoms with Crippen molar-refractivity contribution in [3.63, 3.8) is 0 Å². The number of fused-ring (bicyclic) bond motifs is 1. The van der Waals surface area contributed by atoms with Crippen molar-refractivity contribution in [2.24, 2.45) is 0 Å². The van der Waals surface area contributed by atoms with Gasteiger partial charge in [-0.15, -0.1) is 0 Å². The van der Waals surface area contributed by atoms with Gasteiger partial charge in [-0.25, -0.2) is 0 Å². The van der Waals surface area contributed by atoms with Crippen LogP contribution in [-0.4, -0.2) is 16.0 Å². The molecule has 19 heavy (non-hydrogen) atoms. The van der Waals surface area contributed by atoms with E-state index < -0.39 is 0 Å². The molecule has 0 unspecified atom stereocenters. The van der Waals surface area contributed by atoms with Crippen molar-refractivity contribution in [1.29, 1.82) is 0 Å². The van der Waals surface area contributed by atoms with Crippen LogP contribution < -0.4 is 5.32 Å². The van der Waals surface area contributed by atoms with Gasteiger partial charge in [-0.05, 0) is 30.3 Å². The van der Waals surface area contributed by atoms with Crippen LogP contribution in [0.4, 0.5) is 5.69 Å². The molecule has 93 valence electrons. The van der Waals surface area contributed by atoms with Crippen molar-refractivity contribution in [2.45, 2.75) is 0 Å². The van der Waals surface area contributed by atoms with Gasteiger partial charge in [0.2, 0.25) is 0 Å². The number of hydrogen-bond acceptors (Lipinski definition) is 2. The van der Waals surface area contributed by atoms with Crippen molar-refractivity contribution in [3.05, 3.63) is 60.3 Å². The zero-order valence-electron chi connectivity index (χ0n) is 9.97. The summed E-state index contributed by atoms with van der Waals surface area (Å²) in [5, 5.41) is 12.9. The summed E-state index contributed by atoms with van der Waals surface area (Å²) in [5.74, 6) is -0.141. The van der Waals surface area contributed by atoms with Crippen LogP contribution in [0.1, 0.15) is 10.4 Å². The van der Waals surface area contributed by atoms with E-state index >= 15 is 0 Å². The Bertz CT molecular complexity index is 732. The van der Waals surface area contributed by atoms with E-state index in [0.29, 0.717) is 10.9 Å². The van der Waals surface area contributed by atoms with Crippen molar-refractivity contribution in [3.8, 4) is 5.75 Å². The maximum absolute atomic E-state index is 12.2. The lowest BCUT2D eigenvalue weighted by atomic mass is 10.1. The van der Waals surface area contributed by atoms with Gasteiger partial charge in [-0.3, -0.25) is 4.79 Å². The highest BCUT2D eigenvalue weighted by Crippen LogP contribution is 2.23. The number of phenols is 1. The van der Waals surface area contributed by atoms with Gasteiger partial charge < -0.3 is 15.4 Å². The van der Waals surface area contributed by atoms with Gasteiger partial charge in [0.05, 0.1) is 11.8 Å². The molecule has 1 amide bonds. The van der Waals surface area contributed by atoms with Crippen LogP contribution in [-0.2, 0) is 0 Å². The zero-order chi connectivity index (χ0) is 13.2. The van der Waals surface area contributed by atoms with E-state index in [1.165, 1.54) is 0 Å². The Hall–Kier alpha value is -2.75. The topological polar surface area (TPSA) is 65.1 Å². The first-order chi connectivity index (χ1) is 9.24. The van der Waals surface area contributed by atoms with Crippen molar-refractivity contribution < 1.29 is 9.90 Å². The first-order valence-electron chi connectivity index (χ1n) is 5.83. The summed E-state index contributed by atoms with van der Waals surface area (Å²) in [6.07, 6.45) is 2.81. The molecule has 3 N–H and O–H groups in total. The number of aromatic amines is 1. The van der Waals surface area contributed by atoms with E-state index in [1.54, 1.807) is 18.2 Å². The highest BCUT2D eigenvalue weighted by Gasteiger charge is 2.13. The summed E-state index contributed by atoms with van der Waals surface area (Å²) in [4.78, 5) is 15.0. The van der Waals surface area contributed by atoms with Crippen LogP contribution in [0.2, 0.25) is 0 Å². The minimum Gasteiger partial charge on any atom is -0.508 e. The number of aromatic hydroxyl groups is 1. The van der Waals surface area contributed by atoms with E-state index in [2.05, 4.69) is 16.5 Å². The van der Waals surface area contributed by atoms with E-state index in [0.717, 1.165) is 11.2 Å². The highest BCUT2D eigenvalue weighted by atomic mass is 16.3. The number of benzene rings is 2. The number of carbonyl (C=O) groups is 1. The lowest BCUT2D eigenvalue weighted by Gasteiger charge is -2.03. The smallest absolute Gasteiger partial charge is 0.258 e. The molecule has 1 radical (unpaired) electrons. The highest BCUT2D eigenvalue weighted by molar-refractivity contribution is 6.12. The Labute approximate surface area is 109 Å². The molecule has 0 aliphatic carbocycles. The van der Waals surface area contributed by atoms with E-state index in [4.69, 9.17) is 0 Å². The number of amides is 1. The Kier molecular flexibility index (Phi) is 2.68. The SMILES string of the molecule is O=C(Nc1ccccc1)c1[c][nH]c2ccc(O)cc12. The van der Waals surface area contributed by atoms with Gasteiger partial charge in [0.15, 0.2) is 0 Å². The lowest BCUT2D eigenvalue weighted by Crippen LogP contribution is -2.11. The largest absolute Gasteiger partial charge is 0.508 e. The molecule has 4 nitrogen and oxygen atoms in total. The Morgan fingerprint density at radius 1 is 1.16 bits per heavy atom. The molecule has 0 saturated heterocycles. The molecule has 1 heterocycles. The zero-order valence-corrected chi connectivity index (χ0v) is 9.97. The summed E-state index contributed by atoms with van der Waals surface area (Å²) in [5.41, 5.74) is 1.86. The fourth-order valence-corrected chi connectivity index (χ4v) is 1.94. The number of rotatable bonds is 2. The van der Waals surface area contributed by atoms with Crippen molar-refractivity contribution in [2.75, 3.05) is 5.32 Å². The molecule has 0 spiro atoms. The molecule has 0 atom stereocenters. The second kappa shape index (κ2) is 4.49. The molecule has 0 aliphatic rings. The van der Waals surface area contributed by atoms with Gasteiger partial charge in [0.1, 0.15) is 5.75 Å². The Morgan fingerprint density at radius 3 is 2.74 bits per heavy atom. The fourth-order valence-electron chi connectivity index (χ4n) is 1.94. The average molecular weight is 251 g/mol. The first-order valence-corrected chi connectivity index (χ1v) is 5.83. The van der Waals surface area contributed by atoms with Crippen LogP contribution >= 0.6 is 0 Å². The average Bonchev–Trinajstić information content (AvgIpc) is 2.82. The van der Waals surface area contributed by atoms with E-state index in [9.17, 15) is 9.90 Å². The molecular weight excluding hydrogens is 240 g/mol. The van der Waals surface area contributed by atoms with Crippen LogP contribution in [0.25, 0.3) is 10.9 Å². The minimum atomic E-state index is -0.261. The number of carbonyl (C=O) groups excluding carboxylic acids is 1. The maximum atomic E-state index is 12.2. The fraction of sp³-hybridized carbons (Fsp3) is 0. The second-order valence-electron chi connectivity index (χ2n) is 4.18. The van der Waals surface area contributed by atoms with Gasteiger partial charge in [-0.2, -0.15) is 0 Å². The summed E-state index contributed by atoms with van der Waals surface area (Å²) in [6, 6.07) is 14.0. The quantitative estimate of drug-likeness (QED) is 0.655. The number of aromatic nitrogens is 1. The summed E-state index contributed by atoms with van der Waals surface area (Å²) >= 11 is 0. The van der Waals surface area contributed by atoms with Crippen LogP contribution in [0.3, 0.4) is 0 Å². The molecule has 2 aromatic carbocycles. The lowest BCUT2D eigenvalue weighted by molar-refractivity contribution is 0.102. The van der Waals surface area contributed by atoms with E-state index in [-0.39, 0.29) is 11.7 Å². The summed E-state index contributed by atoms with van der Waals surface area (Å²) in [7, 11) is 0. The van der Waals surface area contributed by atoms with Gasteiger partial charge in [0.25, 0.3) is 5.91 Å². The van der Waals surface area contributed by atoms with E-state index in [1.807, 2.05) is 30.3 Å². The third-order valence-electron chi connectivity index (χ3n) is 2.85. The maximum Gasteiger partial charge on any atom is 0.258 e. The summed E-state index contributed by atoms with van der Waals surface area (Å²) < 4.78 is 0. The Balaban J connectivity index is 1.96. The molecule has 4 heteroatoms. The van der Waals surface area contributed by atoms with Gasteiger partial charge >= 0.3 is 0 Å². The number of H-pyrrole nitrogens is 1.